The van der Waals surface area contributed by atoms with E-state index in [4.69, 9.17) is 0 Å². The summed E-state index contributed by atoms with van der Waals surface area (Å²) < 4.78 is 0. The number of pyridine rings is 1. The van der Waals surface area contributed by atoms with Gasteiger partial charge in [-0.05, 0) is 25.5 Å². The average molecular weight is 175 g/mol. The molecule has 0 amide bonds. The summed E-state index contributed by atoms with van der Waals surface area (Å²) in [6.07, 6.45) is 2.11. The number of fused-ring (bicyclic) bond motifs is 1. The highest BCUT2D eigenvalue weighted by Crippen LogP contribution is 2.10. The highest BCUT2D eigenvalue weighted by atomic mass is 15.0. The fourth-order valence-corrected chi connectivity index (χ4v) is 1.39. The number of nitrogens with zero attached hydrogens (tertiary/aromatic N) is 2. The summed E-state index contributed by atoms with van der Waals surface area (Å²) in [6.45, 7) is 4.12. The van der Waals surface area contributed by atoms with Gasteiger partial charge in [-0.15, -0.1) is 0 Å². The minimum absolute atomic E-state index is 0.837. The topological polar surface area (TPSA) is 41.6 Å². The molecular weight excluding hydrogens is 162 g/mol. The van der Waals surface area contributed by atoms with Gasteiger partial charge in [-0.2, -0.15) is 0 Å². The number of hydrogen-bond donors (Lipinski definition) is 1. The summed E-state index contributed by atoms with van der Waals surface area (Å²) in [5, 5.41) is 0. The first-order chi connectivity index (χ1) is 6.29. The van der Waals surface area contributed by atoms with E-state index in [0.717, 1.165) is 35.5 Å². The lowest BCUT2D eigenvalue weighted by Crippen LogP contribution is -1.84. The van der Waals surface area contributed by atoms with Gasteiger partial charge in [-0.25, -0.2) is 9.97 Å². The molecule has 0 radical (unpaired) electrons. The van der Waals surface area contributed by atoms with Crippen LogP contribution in [0.2, 0.25) is 0 Å². The zero-order valence-electron chi connectivity index (χ0n) is 7.96. The van der Waals surface area contributed by atoms with Gasteiger partial charge >= 0.3 is 0 Å². The standard InChI is InChI=1S/C10H13N3/c1-3-4-9-12-8-6-5-7(2)11-10(8)13-9/h5-6H,3-4H2,1-2H3,(H,11,12,13). The van der Waals surface area contributed by atoms with Crippen LogP contribution in [0.5, 0.6) is 0 Å². The third kappa shape index (κ3) is 1.54. The van der Waals surface area contributed by atoms with E-state index in [9.17, 15) is 0 Å². The van der Waals surface area contributed by atoms with Gasteiger partial charge in [0, 0.05) is 12.1 Å². The predicted octanol–water partition coefficient (Wildman–Crippen LogP) is 2.22. The normalized spacial score (nSPS) is 10.9. The molecule has 0 aromatic carbocycles. The second-order valence-electron chi connectivity index (χ2n) is 3.26. The Bertz CT molecular complexity index is 417. The Labute approximate surface area is 77.2 Å². The summed E-state index contributed by atoms with van der Waals surface area (Å²) in [7, 11) is 0. The van der Waals surface area contributed by atoms with Crippen LogP contribution in [0.4, 0.5) is 0 Å². The van der Waals surface area contributed by atoms with Crippen LogP contribution < -0.4 is 0 Å². The van der Waals surface area contributed by atoms with Gasteiger partial charge in [0.1, 0.15) is 5.82 Å². The van der Waals surface area contributed by atoms with Crippen molar-refractivity contribution in [2.24, 2.45) is 0 Å². The fourth-order valence-electron chi connectivity index (χ4n) is 1.39. The number of nitrogens with one attached hydrogen (secondary N) is 1. The summed E-state index contributed by atoms with van der Waals surface area (Å²) in [5.74, 6) is 1.04. The molecule has 0 atom stereocenters. The first kappa shape index (κ1) is 8.23. The Kier molecular flexibility index (Phi) is 2.00. The van der Waals surface area contributed by atoms with Crippen LogP contribution in [-0.2, 0) is 6.42 Å². The maximum Gasteiger partial charge on any atom is 0.177 e. The third-order valence-electron chi connectivity index (χ3n) is 2.02. The number of H-pyrrole nitrogens is 1. The molecule has 2 aromatic heterocycles. The number of imidazole rings is 1. The van der Waals surface area contributed by atoms with Crippen LogP contribution in [0, 0.1) is 6.92 Å². The summed E-state index contributed by atoms with van der Waals surface area (Å²) in [5.41, 5.74) is 2.89. The van der Waals surface area contributed by atoms with Crippen molar-refractivity contribution in [2.75, 3.05) is 0 Å². The maximum atomic E-state index is 4.40. The van der Waals surface area contributed by atoms with Crippen LogP contribution in [0.15, 0.2) is 12.1 Å². The van der Waals surface area contributed by atoms with Gasteiger partial charge in [-0.3, -0.25) is 0 Å². The van der Waals surface area contributed by atoms with Gasteiger partial charge in [0.15, 0.2) is 5.65 Å². The van der Waals surface area contributed by atoms with Crippen molar-refractivity contribution < 1.29 is 0 Å². The smallest absolute Gasteiger partial charge is 0.177 e. The first-order valence-electron chi connectivity index (χ1n) is 4.62. The second kappa shape index (κ2) is 3.17. The molecule has 0 aliphatic carbocycles. The fraction of sp³-hybridized carbons (Fsp3) is 0.400. The van der Waals surface area contributed by atoms with E-state index in [1.807, 2.05) is 19.1 Å². The Morgan fingerprint density at radius 1 is 1.31 bits per heavy atom. The molecule has 1 N–H and O–H groups in total. The summed E-state index contributed by atoms with van der Waals surface area (Å²) >= 11 is 0. The van der Waals surface area contributed by atoms with Gasteiger partial charge in [0.25, 0.3) is 0 Å². The molecule has 2 aromatic rings. The second-order valence-corrected chi connectivity index (χ2v) is 3.26. The molecule has 0 spiro atoms. The molecular formula is C10H13N3. The van der Waals surface area contributed by atoms with Crippen molar-refractivity contribution in [3.63, 3.8) is 0 Å². The molecule has 0 saturated heterocycles. The molecule has 3 heteroatoms. The molecule has 0 saturated carbocycles. The van der Waals surface area contributed by atoms with Crippen LogP contribution in [-0.4, -0.2) is 15.0 Å². The highest BCUT2D eigenvalue weighted by Gasteiger charge is 2.02. The maximum absolute atomic E-state index is 4.40. The lowest BCUT2D eigenvalue weighted by atomic mass is 10.3. The summed E-state index contributed by atoms with van der Waals surface area (Å²) in [4.78, 5) is 12.0. The van der Waals surface area contributed by atoms with Crippen molar-refractivity contribution in [1.29, 1.82) is 0 Å². The van der Waals surface area contributed by atoms with Gasteiger partial charge in [-0.1, -0.05) is 6.92 Å². The van der Waals surface area contributed by atoms with E-state index in [0.29, 0.717) is 0 Å². The number of aromatic amines is 1. The number of aryl methyl sites for hydroxylation is 2. The predicted molar refractivity (Wildman–Crippen MR) is 52.6 cm³/mol. The molecule has 0 unspecified atom stereocenters. The van der Waals surface area contributed by atoms with E-state index in [1.54, 1.807) is 0 Å². The highest BCUT2D eigenvalue weighted by molar-refractivity contribution is 5.70. The number of hydrogen-bond acceptors (Lipinski definition) is 2. The molecule has 3 nitrogen and oxygen atoms in total. The largest absolute Gasteiger partial charge is 0.341 e. The zero-order valence-corrected chi connectivity index (χ0v) is 7.96. The van der Waals surface area contributed by atoms with Gasteiger partial charge in [0.2, 0.25) is 0 Å². The summed E-state index contributed by atoms with van der Waals surface area (Å²) in [6, 6.07) is 4.03. The van der Waals surface area contributed by atoms with Crippen molar-refractivity contribution in [3.8, 4) is 0 Å². The Morgan fingerprint density at radius 2 is 2.15 bits per heavy atom. The van der Waals surface area contributed by atoms with Crippen molar-refractivity contribution in [1.82, 2.24) is 15.0 Å². The van der Waals surface area contributed by atoms with E-state index in [2.05, 4.69) is 21.9 Å². The number of rotatable bonds is 2. The molecule has 0 fully saturated rings. The van der Waals surface area contributed by atoms with Crippen LogP contribution >= 0.6 is 0 Å². The number of aromatic nitrogens is 3. The first-order valence-corrected chi connectivity index (χ1v) is 4.62. The molecule has 68 valence electrons. The van der Waals surface area contributed by atoms with Crippen LogP contribution in [0.3, 0.4) is 0 Å². The zero-order chi connectivity index (χ0) is 9.26. The Hall–Kier alpha value is -1.38. The van der Waals surface area contributed by atoms with Crippen LogP contribution in [0.25, 0.3) is 11.2 Å². The van der Waals surface area contributed by atoms with E-state index < -0.39 is 0 Å². The van der Waals surface area contributed by atoms with Crippen LogP contribution in [0.1, 0.15) is 24.9 Å². The lowest BCUT2D eigenvalue weighted by Gasteiger charge is -1.88. The van der Waals surface area contributed by atoms with E-state index in [-0.39, 0.29) is 0 Å². The SMILES string of the molecule is CCCc1nc2nc(C)ccc2[nH]1. The molecule has 0 bridgehead atoms. The molecule has 13 heavy (non-hydrogen) atoms. The van der Waals surface area contributed by atoms with Crippen molar-refractivity contribution in [3.05, 3.63) is 23.7 Å². The van der Waals surface area contributed by atoms with Crippen molar-refractivity contribution in [2.45, 2.75) is 26.7 Å². The lowest BCUT2D eigenvalue weighted by molar-refractivity contribution is 0.860. The van der Waals surface area contributed by atoms with E-state index in [1.165, 1.54) is 0 Å². The van der Waals surface area contributed by atoms with Gasteiger partial charge in [0.05, 0.1) is 5.52 Å². The van der Waals surface area contributed by atoms with Crippen molar-refractivity contribution >= 4 is 11.2 Å². The quantitative estimate of drug-likeness (QED) is 0.760. The average Bonchev–Trinajstić information content (AvgIpc) is 2.46. The Morgan fingerprint density at radius 3 is 2.92 bits per heavy atom. The monoisotopic (exact) mass is 175 g/mol. The third-order valence-corrected chi connectivity index (χ3v) is 2.02. The minimum atomic E-state index is 0.837. The van der Waals surface area contributed by atoms with Gasteiger partial charge < -0.3 is 4.98 Å². The minimum Gasteiger partial charge on any atom is -0.341 e. The molecule has 0 aliphatic heterocycles. The molecule has 2 rings (SSSR count). The van der Waals surface area contributed by atoms with E-state index >= 15 is 0 Å². The Balaban J connectivity index is 2.49. The molecule has 2 heterocycles. The molecule has 0 aliphatic rings.